The van der Waals surface area contributed by atoms with Crippen molar-refractivity contribution < 1.29 is 9.53 Å². The highest BCUT2D eigenvalue weighted by Crippen LogP contribution is 2.26. The van der Waals surface area contributed by atoms with Crippen LogP contribution in [0.5, 0.6) is 5.75 Å². The summed E-state index contributed by atoms with van der Waals surface area (Å²) in [5.41, 5.74) is 4.17. The summed E-state index contributed by atoms with van der Waals surface area (Å²) < 4.78 is 5.47. The van der Waals surface area contributed by atoms with Gasteiger partial charge in [-0.15, -0.1) is 11.3 Å². The Morgan fingerprint density at radius 1 is 1.17 bits per heavy atom. The van der Waals surface area contributed by atoms with Gasteiger partial charge in [0.25, 0.3) is 0 Å². The molecule has 29 heavy (non-hydrogen) atoms. The lowest BCUT2D eigenvalue weighted by Gasteiger charge is -2.04. The zero-order valence-corrected chi connectivity index (χ0v) is 17.1. The first-order valence-corrected chi connectivity index (χ1v) is 10.6. The molecule has 2 aromatic carbocycles. The van der Waals surface area contributed by atoms with E-state index in [0.29, 0.717) is 19.6 Å². The van der Waals surface area contributed by atoms with E-state index in [1.807, 2.05) is 54.9 Å². The molecule has 0 aliphatic carbocycles. The number of ether oxygens (including phenoxy) is 1. The highest BCUT2D eigenvalue weighted by Gasteiger charge is 2.10. The molecule has 0 spiro atoms. The van der Waals surface area contributed by atoms with Crippen molar-refractivity contribution in [3.8, 4) is 16.3 Å². The maximum absolute atomic E-state index is 12.3. The van der Waals surface area contributed by atoms with Gasteiger partial charge in [0.1, 0.15) is 10.8 Å². The number of carbonyl (C=O) groups excluding carboxylic acids is 1. The molecule has 0 saturated carbocycles. The van der Waals surface area contributed by atoms with Crippen molar-refractivity contribution >= 4 is 28.1 Å². The van der Waals surface area contributed by atoms with Crippen molar-refractivity contribution in [1.29, 1.82) is 0 Å². The van der Waals surface area contributed by atoms with E-state index in [1.165, 1.54) is 10.9 Å². The maximum Gasteiger partial charge on any atom is 0.226 e. The molecule has 5 nitrogen and oxygen atoms in total. The number of thiazole rings is 1. The van der Waals surface area contributed by atoms with Gasteiger partial charge in [-0.05, 0) is 49.2 Å². The van der Waals surface area contributed by atoms with Gasteiger partial charge in [-0.25, -0.2) is 4.98 Å². The second kappa shape index (κ2) is 8.92. The van der Waals surface area contributed by atoms with Crippen LogP contribution in [0.3, 0.4) is 0 Å². The quantitative estimate of drug-likeness (QED) is 0.450. The van der Waals surface area contributed by atoms with Crippen LogP contribution < -0.4 is 10.1 Å². The Hall–Kier alpha value is -3.12. The Kier molecular flexibility index (Phi) is 5.91. The minimum atomic E-state index is -0.00613. The smallest absolute Gasteiger partial charge is 0.226 e. The third-order valence-electron chi connectivity index (χ3n) is 4.70. The number of rotatable bonds is 8. The first-order chi connectivity index (χ1) is 14.2. The van der Waals surface area contributed by atoms with E-state index in [9.17, 15) is 4.79 Å². The number of benzene rings is 2. The number of aromatic nitrogens is 2. The molecule has 1 amide bonds. The molecule has 0 aliphatic rings. The van der Waals surface area contributed by atoms with Crippen LogP contribution in [0, 0.1) is 0 Å². The molecular formula is C23H23N3O2S. The lowest BCUT2D eigenvalue weighted by Crippen LogP contribution is -2.27. The van der Waals surface area contributed by atoms with E-state index in [1.54, 1.807) is 11.3 Å². The summed E-state index contributed by atoms with van der Waals surface area (Å²) in [5, 5.41) is 7.07. The summed E-state index contributed by atoms with van der Waals surface area (Å²) in [6.07, 6.45) is 3.10. The maximum atomic E-state index is 12.3. The second-order valence-electron chi connectivity index (χ2n) is 6.74. The van der Waals surface area contributed by atoms with Gasteiger partial charge >= 0.3 is 0 Å². The van der Waals surface area contributed by atoms with Crippen molar-refractivity contribution in [2.24, 2.45) is 0 Å². The number of H-pyrrole nitrogens is 1. The molecule has 6 heteroatoms. The Labute approximate surface area is 173 Å². The van der Waals surface area contributed by atoms with E-state index in [2.05, 4.69) is 27.4 Å². The van der Waals surface area contributed by atoms with Gasteiger partial charge in [0.2, 0.25) is 5.91 Å². The standard InChI is InChI=1S/C23H23N3O2S/c1-2-28-19-9-7-16(8-10-19)23-26-18(15-29-23)13-22(27)24-12-11-17-14-25-21-6-4-3-5-20(17)21/h3-10,14-15,25H,2,11-13H2,1H3,(H,24,27). The van der Waals surface area contributed by atoms with Crippen molar-refractivity contribution in [2.45, 2.75) is 19.8 Å². The van der Waals surface area contributed by atoms with E-state index >= 15 is 0 Å². The van der Waals surface area contributed by atoms with Gasteiger partial charge in [0, 0.05) is 34.6 Å². The summed E-state index contributed by atoms with van der Waals surface area (Å²) in [6, 6.07) is 16.1. The lowest BCUT2D eigenvalue weighted by atomic mass is 10.1. The Morgan fingerprint density at radius 3 is 2.83 bits per heavy atom. The number of carbonyl (C=O) groups is 1. The van der Waals surface area contributed by atoms with E-state index in [-0.39, 0.29) is 5.91 Å². The van der Waals surface area contributed by atoms with Gasteiger partial charge in [0.15, 0.2) is 0 Å². The predicted molar refractivity (Wildman–Crippen MR) is 117 cm³/mol. The van der Waals surface area contributed by atoms with Crippen LogP contribution in [-0.2, 0) is 17.6 Å². The van der Waals surface area contributed by atoms with Gasteiger partial charge in [0.05, 0.1) is 18.7 Å². The van der Waals surface area contributed by atoms with E-state index in [4.69, 9.17) is 4.74 Å². The molecule has 148 valence electrons. The number of fused-ring (bicyclic) bond motifs is 1. The number of hydrogen-bond acceptors (Lipinski definition) is 4. The summed E-state index contributed by atoms with van der Waals surface area (Å²) in [7, 11) is 0. The number of aromatic amines is 1. The van der Waals surface area contributed by atoms with Crippen LogP contribution in [0.4, 0.5) is 0 Å². The van der Waals surface area contributed by atoms with Crippen molar-refractivity contribution in [1.82, 2.24) is 15.3 Å². The minimum Gasteiger partial charge on any atom is -0.494 e. The lowest BCUT2D eigenvalue weighted by molar-refractivity contribution is -0.120. The van der Waals surface area contributed by atoms with Crippen LogP contribution in [-0.4, -0.2) is 29.0 Å². The predicted octanol–water partition coefficient (Wildman–Crippen LogP) is 4.59. The SMILES string of the molecule is CCOc1ccc(-c2nc(CC(=O)NCCc3c[nH]c4ccccc34)cs2)cc1. The molecule has 0 unspecified atom stereocenters. The number of amides is 1. The fourth-order valence-electron chi connectivity index (χ4n) is 3.28. The molecule has 0 aliphatic heterocycles. The molecule has 2 heterocycles. The highest BCUT2D eigenvalue weighted by atomic mass is 32.1. The van der Waals surface area contributed by atoms with Crippen molar-refractivity contribution in [3.63, 3.8) is 0 Å². The molecular weight excluding hydrogens is 382 g/mol. The molecule has 2 aromatic heterocycles. The fraction of sp³-hybridized carbons (Fsp3) is 0.217. The Morgan fingerprint density at radius 2 is 2.00 bits per heavy atom. The Bertz CT molecular complexity index is 1100. The monoisotopic (exact) mass is 405 g/mol. The molecule has 0 radical (unpaired) electrons. The van der Waals surface area contributed by atoms with Gasteiger partial charge in [-0.2, -0.15) is 0 Å². The molecule has 4 rings (SSSR count). The van der Waals surface area contributed by atoms with Gasteiger partial charge in [-0.3, -0.25) is 4.79 Å². The molecule has 2 N–H and O–H groups in total. The van der Waals surface area contributed by atoms with Gasteiger partial charge in [-0.1, -0.05) is 18.2 Å². The largest absolute Gasteiger partial charge is 0.494 e. The first-order valence-electron chi connectivity index (χ1n) is 9.72. The average Bonchev–Trinajstić information content (AvgIpc) is 3.36. The number of nitrogens with one attached hydrogen (secondary N) is 2. The van der Waals surface area contributed by atoms with Crippen LogP contribution in [0.25, 0.3) is 21.5 Å². The molecule has 0 bridgehead atoms. The zero-order chi connectivity index (χ0) is 20.1. The fourth-order valence-corrected chi connectivity index (χ4v) is 4.11. The van der Waals surface area contributed by atoms with Crippen LogP contribution in [0.15, 0.2) is 60.1 Å². The van der Waals surface area contributed by atoms with Crippen molar-refractivity contribution in [3.05, 3.63) is 71.4 Å². The molecule has 0 atom stereocenters. The molecule has 0 saturated heterocycles. The minimum absolute atomic E-state index is 0.00613. The average molecular weight is 406 g/mol. The molecule has 0 fully saturated rings. The third kappa shape index (κ3) is 4.66. The third-order valence-corrected chi connectivity index (χ3v) is 5.64. The van der Waals surface area contributed by atoms with Crippen LogP contribution in [0.2, 0.25) is 0 Å². The van der Waals surface area contributed by atoms with E-state index in [0.717, 1.165) is 34.0 Å². The van der Waals surface area contributed by atoms with Crippen molar-refractivity contribution in [2.75, 3.05) is 13.2 Å². The molecule has 4 aromatic rings. The highest BCUT2D eigenvalue weighted by molar-refractivity contribution is 7.13. The second-order valence-corrected chi connectivity index (χ2v) is 7.60. The normalized spacial score (nSPS) is 10.9. The van der Waals surface area contributed by atoms with Crippen LogP contribution in [0.1, 0.15) is 18.2 Å². The number of nitrogens with zero attached hydrogens (tertiary/aromatic N) is 1. The summed E-state index contributed by atoms with van der Waals surface area (Å²) >= 11 is 1.55. The zero-order valence-electron chi connectivity index (χ0n) is 16.3. The van der Waals surface area contributed by atoms with Gasteiger partial charge < -0.3 is 15.0 Å². The number of para-hydroxylation sites is 1. The number of hydrogen-bond donors (Lipinski definition) is 2. The van der Waals surface area contributed by atoms with Crippen LogP contribution >= 0.6 is 11.3 Å². The topological polar surface area (TPSA) is 67.0 Å². The summed E-state index contributed by atoms with van der Waals surface area (Å²) in [6.45, 7) is 3.22. The Balaban J connectivity index is 1.30. The first kappa shape index (κ1) is 19.2. The summed E-state index contributed by atoms with van der Waals surface area (Å²) in [4.78, 5) is 20.2. The summed E-state index contributed by atoms with van der Waals surface area (Å²) in [5.74, 6) is 0.844. The van der Waals surface area contributed by atoms with E-state index < -0.39 is 0 Å².